The number of carbonyl (C=O) groups is 1. The number of fused-ring (bicyclic) bond motifs is 4. The zero-order valence-electron chi connectivity index (χ0n) is 15.9. The Balaban J connectivity index is 2.15. The number of anilines is 1. The minimum atomic E-state index is -1.61. The number of nitriles is 1. The Morgan fingerprint density at radius 1 is 1.32 bits per heavy atom. The van der Waals surface area contributed by atoms with Crippen LogP contribution in [0.1, 0.15) is 30.7 Å². The number of aryl methyl sites for hydroxylation is 1. The minimum absolute atomic E-state index is 0.0574. The van der Waals surface area contributed by atoms with Crippen molar-refractivity contribution in [2.45, 2.75) is 26.2 Å². The quantitative estimate of drug-likeness (QED) is 0.833. The molecule has 142 valence electrons. The molecule has 2 aliphatic heterocycles. The number of aromatic nitrogens is 1. The van der Waals surface area contributed by atoms with Gasteiger partial charge in [-0.15, -0.1) is 0 Å². The van der Waals surface area contributed by atoms with E-state index in [1.807, 2.05) is 32.0 Å². The average molecular weight is 376 g/mol. The van der Waals surface area contributed by atoms with Crippen LogP contribution in [0.25, 0.3) is 0 Å². The number of rotatable bonds is 2. The highest BCUT2D eigenvalue weighted by atomic mass is 16.5. The van der Waals surface area contributed by atoms with E-state index in [1.54, 1.807) is 30.0 Å². The van der Waals surface area contributed by atoms with Gasteiger partial charge in [0.25, 0.3) is 5.56 Å². The maximum Gasteiger partial charge on any atom is 0.256 e. The molecular formula is C21H20N4O3. The summed E-state index contributed by atoms with van der Waals surface area (Å²) in [5.74, 6) is -0.128. The second-order valence-corrected chi connectivity index (χ2v) is 7.55. The van der Waals surface area contributed by atoms with Crippen LogP contribution in [-0.2, 0) is 10.2 Å². The van der Waals surface area contributed by atoms with Gasteiger partial charge in [0.2, 0.25) is 11.8 Å². The van der Waals surface area contributed by atoms with E-state index >= 15 is 0 Å². The van der Waals surface area contributed by atoms with E-state index in [0.717, 1.165) is 0 Å². The highest BCUT2D eigenvalue weighted by Crippen LogP contribution is 2.54. The van der Waals surface area contributed by atoms with Gasteiger partial charge in [-0.05, 0) is 18.9 Å². The molecule has 3 heterocycles. The average Bonchev–Trinajstić information content (AvgIpc) is 2.85. The number of nitrogens with two attached hydrogens (primary N) is 1. The Morgan fingerprint density at radius 3 is 2.71 bits per heavy atom. The Hall–Kier alpha value is -3.53. The fourth-order valence-electron chi connectivity index (χ4n) is 4.19. The second-order valence-electron chi connectivity index (χ2n) is 7.55. The van der Waals surface area contributed by atoms with Crippen LogP contribution in [-0.4, -0.2) is 17.4 Å². The Morgan fingerprint density at radius 2 is 2.04 bits per heavy atom. The van der Waals surface area contributed by atoms with E-state index in [2.05, 4.69) is 4.98 Å². The van der Waals surface area contributed by atoms with Gasteiger partial charge in [0.1, 0.15) is 17.4 Å². The van der Waals surface area contributed by atoms with Crippen molar-refractivity contribution in [1.82, 2.24) is 4.98 Å². The maximum atomic E-state index is 13.9. The molecule has 28 heavy (non-hydrogen) atoms. The van der Waals surface area contributed by atoms with Gasteiger partial charge in [0.15, 0.2) is 5.41 Å². The summed E-state index contributed by atoms with van der Waals surface area (Å²) in [6.07, 6.45) is 0. The van der Waals surface area contributed by atoms with E-state index in [-0.39, 0.29) is 34.6 Å². The molecule has 0 bridgehead atoms. The third-order valence-electron chi connectivity index (χ3n) is 5.17. The van der Waals surface area contributed by atoms with Crippen molar-refractivity contribution >= 4 is 11.6 Å². The van der Waals surface area contributed by atoms with Crippen molar-refractivity contribution in [3.05, 3.63) is 69.0 Å². The largest absolute Gasteiger partial charge is 0.440 e. The number of aromatic amines is 1. The number of hydrogen-bond acceptors (Lipinski definition) is 5. The van der Waals surface area contributed by atoms with Crippen molar-refractivity contribution < 1.29 is 9.53 Å². The van der Waals surface area contributed by atoms with Crippen LogP contribution in [0.15, 0.2) is 46.6 Å². The Labute approximate surface area is 162 Å². The first-order valence-corrected chi connectivity index (χ1v) is 9.06. The molecule has 0 saturated heterocycles. The standard InChI is InChI=1S/C21H20N4O3/c1-11(2)10-25-15-7-5-4-6-13(15)21(20(25)27)14(9-22)18(23)28-16-8-12(3)24-19(26)17(16)21/h4-8,11H,10,23H2,1-3H3,(H,24,26). The first-order valence-electron chi connectivity index (χ1n) is 9.06. The zero-order chi connectivity index (χ0) is 20.2. The molecule has 7 heteroatoms. The van der Waals surface area contributed by atoms with Gasteiger partial charge in [-0.25, -0.2) is 0 Å². The van der Waals surface area contributed by atoms with Crippen LogP contribution >= 0.6 is 0 Å². The molecular weight excluding hydrogens is 356 g/mol. The topological polar surface area (TPSA) is 112 Å². The fourth-order valence-corrected chi connectivity index (χ4v) is 4.19. The second kappa shape index (κ2) is 5.99. The Kier molecular flexibility index (Phi) is 3.82. The molecule has 0 saturated carbocycles. The summed E-state index contributed by atoms with van der Waals surface area (Å²) < 4.78 is 5.61. The molecule has 2 aliphatic rings. The normalized spacial score (nSPS) is 20.2. The molecule has 1 aromatic heterocycles. The van der Waals surface area contributed by atoms with Crippen LogP contribution in [0.3, 0.4) is 0 Å². The number of hydrogen-bond donors (Lipinski definition) is 2. The highest BCUT2D eigenvalue weighted by Gasteiger charge is 2.60. The number of carbonyl (C=O) groups excluding carboxylic acids is 1. The number of ether oxygens (including phenoxy) is 1. The number of para-hydroxylation sites is 1. The van der Waals surface area contributed by atoms with Crippen LogP contribution in [0.2, 0.25) is 0 Å². The van der Waals surface area contributed by atoms with E-state index in [4.69, 9.17) is 10.5 Å². The molecule has 0 radical (unpaired) electrons. The van der Waals surface area contributed by atoms with E-state index < -0.39 is 11.0 Å². The molecule has 0 fully saturated rings. The lowest BCUT2D eigenvalue weighted by atomic mass is 9.69. The monoisotopic (exact) mass is 376 g/mol. The van der Waals surface area contributed by atoms with Crippen molar-refractivity contribution in [2.24, 2.45) is 11.7 Å². The summed E-state index contributed by atoms with van der Waals surface area (Å²) in [4.78, 5) is 31.3. The summed E-state index contributed by atoms with van der Waals surface area (Å²) in [5.41, 5.74) is 5.86. The molecule has 1 amide bonds. The lowest BCUT2D eigenvalue weighted by Crippen LogP contribution is -2.49. The SMILES string of the molecule is Cc1cc2c(c(=O)[nH]1)C1(C(=O)N(CC(C)C)c3ccccc31)C(C#N)=C(N)O2. The fraction of sp³-hybridized carbons (Fsp3) is 0.286. The predicted molar refractivity (Wildman–Crippen MR) is 104 cm³/mol. The van der Waals surface area contributed by atoms with Crippen LogP contribution < -0.4 is 20.9 Å². The molecule has 1 unspecified atom stereocenters. The van der Waals surface area contributed by atoms with E-state index in [1.165, 1.54) is 0 Å². The van der Waals surface area contributed by atoms with Crippen molar-refractivity contribution in [1.29, 1.82) is 5.26 Å². The molecule has 1 spiro atoms. The number of nitrogens with zero attached hydrogens (tertiary/aromatic N) is 2. The molecule has 1 atom stereocenters. The Bertz CT molecular complexity index is 1140. The van der Waals surface area contributed by atoms with Gasteiger partial charge < -0.3 is 20.4 Å². The van der Waals surface area contributed by atoms with Crippen LogP contribution in [0, 0.1) is 24.2 Å². The smallest absolute Gasteiger partial charge is 0.256 e. The molecule has 7 nitrogen and oxygen atoms in total. The summed E-state index contributed by atoms with van der Waals surface area (Å²) in [7, 11) is 0. The van der Waals surface area contributed by atoms with Gasteiger partial charge in [0, 0.05) is 29.6 Å². The molecule has 3 N–H and O–H groups in total. The zero-order valence-corrected chi connectivity index (χ0v) is 15.9. The first-order chi connectivity index (χ1) is 13.3. The summed E-state index contributed by atoms with van der Waals surface area (Å²) in [6, 6.07) is 10.9. The van der Waals surface area contributed by atoms with Crippen molar-refractivity contribution in [2.75, 3.05) is 11.4 Å². The van der Waals surface area contributed by atoms with Gasteiger partial charge in [0.05, 0.1) is 5.56 Å². The number of H-pyrrole nitrogens is 1. The van der Waals surface area contributed by atoms with Crippen molar-refractivity contribution in [3.63, 3.8) is 0 Å². The molecule has 4 rings (SSSR count). The van der Waals surface area contributed by atoms with E-state index in [9.17, 15) is 14.9 Å². The van der Waals surface area contributed by atoms with Gasteiger partial charge >= 0.3 is 0 Å². The molecule has 0 aliphatic carbocycles. The number of pyridine rings is 1. The molecule has 1 aromatic carbocycles. The third kappa shape index (κ3) is 2.15. The van der Waals surface area contributed by atoms with Gasteiger partial charge in [-0.2, -0.15) is 5.26 Å². The summed E-state index contributed by atoms with van der Waals surface area (Å²) in [5, 5.41) is 9.92. The summed E-state index contributed by atoms with van der Waals surface area (Å²) >= 11 is 0. The lowest BCUT2D eigenvalue weighted by Gasteiger charge is -2.33. The van der Waals surface area contributed by atoms with Crippen LogP contribution in [0.5, 0.6) is 5.75 Å². The third-order valence-corrected chi connectivity index (χ3v) is 5.17. The lowest BCUT2D eigenvalue weighted by molar-refractivity contribution is -0.121. The van der Waals surface area contributed by atoms with Crippen molar-refractivity contribution in [3.8, 4) is 11.8 Å². The summed E-state index contributed by atoms with van der Waals surface area (Å²) in [6.45, 7) is 6.18. The minimum Gasteiger partial charge on any atom is -0.440 e. The highest BCUT2D eigenvalue weighted by molar-refractivity contribution is 6.14. The van der Waals surface area contributed by atoms with Gasteiger partial charge in [-0.1, -0.05) is 32.0 Å². The number of nitrogens with one attached hydrogen (secondary N) is 1. The first kappa shape index (κ1) is 17.9. The number of amides is 1. The predicted octanol–water partition coefficient (Wildman–Crippen LogP) is 2.06. The number of benzene rings is 1. The molecule has 2 aromatic rings. The van der Waals surface area contributed by atoms with Crippen LogP contribution in [0.4, 0.5) is 5.69 Å². The maximum absolute atomic E-state index is 13.9. The van der Waals surface area contributed by atoms with Gasteiger partial charge in [-0.3, -0.25) is 9.59 Å². The van der Waals surface area contributed by atoms with E-state index in [0.29, 0.717) is 23.5 Å².